The molecule has 4 nitrogen and oxygen atoms in total. The van der Waals surface area contributed by atoms with Gasteiger partial charge < -0.3 is 0 Å². The van der Waals surface area contributed by atoms with E-state index in [2.05, 4.69) is 12.1 Å². The van der Waals surface area contributed by atoms with E-state index in [1.807, 2.05) is 50.2 Å². The highest BCUT2D eigenvalue weighted by Gasteiger charge is 2.13. The number of rotatable bonds is 5. The van der Waals surface area contributed by atoms with Crippen LogP contribution in [0.2, 0.25) is 0 Å². The highest BCUT2D eigenvalue weighted by Crippen LogP contribution is 2.23. The number of hydrogen-bond donors (Lipinski definition) is 0. The highest BCUT2D eigenvalue weighted by atomic mass is 32.2. The van der Waals surface area contributed by atoms with Gasteiger partial charge in [0.05, 0.1) is 22.7 Å². The number of nitriles is 1. The fourth-order valence-electron chi connectivity index (χ4n) is 2.83. The van der Waals surface area contributed by atoms with Gasteiger partial charge in [-0.05, 0) is 55.7 Å². The molecule has 0 saturated heterocycles. The van der Waals surface area contributed by atoms with Crippen molar-refractivity contribution in [2.45, 2.75) is 31.8 Å². The molecule has 0 aliphatic heterocycles. The molecule has 0 fully saturated rings. The van der Waals surface area contributed by atoms with Crippen molar-refractivity contribution in [2.75, 3.05) is 5.75 Å². The predicted molar refractivity (Wildman–Crippen MR) is 102 cm³/mol. The third kappa shape index (κ3) is 3.75. The average molecular weight is 349 g/mol. The number of hydrogen-bond acceptors (Lipinski definition) is 4. The number of fused-ring (bicyclic) bond motifs is 1. The Balaban J connectivity index is 2.18. The van der Waals surface area contributed by atoms with Crippen molar-refractivity contribution < 1.29 is 0 Å². The maximum atomic E-state index is 13.1. The zero-order valence-corrected chi connectivity index (χ0v) is 15.1. The highest BCUT2D eigenvalue weighted by molar-refractivity contribution is 7.99. The van der Waals surface area contributed by atoms with Crippen LogP contribution in [0.15, 0.2) is 52.4 Å². The Hall–Kier alpha value is -2.58. The van der Waals surface area contributed by atoms with Crippen LogP contribution >= 0.6 is 11.8 Å². The second-order valence-electron chi connectivity index (χ2n) is 6.01. The molecule has 2 aromatic carbocycles. The van der Waals surface area contributed by atoms with E-state index in [0.717, 1.165) is 29.0 Å². The van der Waals surface area contributed by atoms with E-state index in [1.54, 1.807) is 4.57 Å². The van der Waals surface area contributed by atoms with E-state index in [1.165, 1.54) is 11.8 Å². The number of unbranched alkanes of at least 4 members (excludes halogenated alkanes) is 1. The van der Waals surface area contributed by atoms with Gasteiger partial charge in [0.25, 0.3) is 5.56 Å². The zero-order valence-electron chi connectivity index (χ0n) is 14.3. The summed E-state index contributed by atoms with van der Waals surface area (Å²) in [6.07, 6.45) is 1.28. The second-order valence-corrected chi connectivity index (χ2v) is 7.07. The maximum absolute atomic E-state index is 13.1. The van der Waals surface area contributed by atoms with Crippen molar-refractivity contribution in [1.82, 2.24) is 9.55 Å². The van der Waals surface area contributed by atoms with Gasteiger partial charge in [-0.2, -0.15) is 5.26 Å². The molecule has 1 aromatic heterocycles. The summed E-state index contributed by atoms with van der Waals surface area (Å²) in [6, 6.07) is 15.7. The van der Waals surface area contributed by atoms with Gasteiger partial charge >= 0.3 is 0 Å². The van der Waals surface area contributed by atoms with E-state index in [4.69, 9.17) is 10.2 Å². The molecule has 3 aromatic rings. The molecule has 1 heterocycles. The Morgan fingerprint density at radius 3 is 2.60 bits per heavy atom. The molecular formula is C20H19N3OS. The Labute approximate surface area is 151 Å². The number of para-hydroxylation sites is 1. The Kier molecular flexibility index (Phi) is 5.20. The van der Waals surface area contributed by atoms with Gasteiger partial charge in [0.2, 0.25) is 0 Å². The van der Waals surface area contributed by atoms with Gasteiger partial charge in [-0.25, -0.2) is 4.98 Å². The normalized spacial score (nSPS) is 10.8. The van der Waals surface area contributed by atoms with Crippen LogP contribution < -0.4 is 5.56 Å². The first-order chi connectivity index (χ1) is 12.1. The average Bonchev–Trinajstić information content (AvgIpc) is 2.58. The lowest BCUT2D eigenvalue weighted by atomic mass is 10.1. The summed E-state index contributed by atoms with van der Waals surface area (Å²) in [5, 5.41) is 10.00. The van der Waals surface area contributed by atoms with Crippen molar-refractivity contribution in [3.63, 3.8) is 0 Å². The molecular weight excluding hydrogens is 330 g/mol. The largest absolute Gasteiger partial charge is 0.268 e. The summed E-state index contributed by atoms with van der Waals surface area (Å²) in [4.78, 5) is 17.8. The van der Waals surface area contributed by atoms with Crippen LogP contribution in [0.25, 0.3) is 16.6 Å². The Morgan fingerprint density at radius 1 is 1.16 bits per heavy atom. The van der Waals surface area contributed by atoms with Gasteiger partial charge in [0.15, 0.2) is 5.16 Å². The molecule has 0 amide bonds. The van der Waals surface area contributed by atoms with Crippen LogP contribution in [0.5, 0.6) is 0 Å². The van der Waals surface area contributed by atoms with Crippen molar-refractivity contribution in [1.29, 1.82) is 5.26 Å². The molecule has 0 bridgehead atoms. The molecule has 0 aliphatic rings. The van der Waals surface area contributed by atoms with Crippen molar-refractivity contribution in [3.8, 4) is 11.8 Å². The monoisotopic (exact) mass is 349 g/mol. The first kappa shape index (κ1) is 17.2. The predicted octanol–water partition coefficient (Wildman–Crippen LogP) is 4.40. The SMILES string of the molecule is Cc1cc(C)cc(-n2c(SCCCC#N)nc3ccccc3c2=O)c1. The van der Waals surface area contributed by atoms with E-state index in [9.17, 15) is 4.79 Å². The molecule has 5 heteroatoms. The van der Waals surface area contributed by atoms with Crippen LogP contribution in [-0.2, 0) is 0 Å². The minimum Gasteiger partial charge on any atom is -0.268 e. The lowest BCUT2D eigenvalue weighted by molar-refractivity contribution is 0.815. The van der Waals surface area contributed by atoms with Crippen molar-refractivity contribution in [3.05, 3.63) is 63.9 Å². The summed E-state index contributed by atoms with van der Waals surface area (Å²) >= 11 is 1.52. The molecule has 126 valence electrons. The minimum absolute atomic E-state index is 0.0571. The Bertz CT molecular complexity index is 997. The van der Waals surface area contributed by atoms with Gasteiger partial charge in [0.1, 0.15) is 0 Å². The van der Waals surface area contributed by atoms with Crippen LogP contribution in [0.3, 0.4) is 0 Å². The van der Waals surface area contributed by atoms with Crippen LogP contribution in [-0.4, -0.2) is 15.3 Å². The quantitative estimate of drug-likeness (QED) is 0.389. The van der Waals surface area contributed by atoms with Gasteiger partial charge in [-0.1, -0.05) is 30.0 Å². The molecule has 0 saturated carbocycles. The van der Waals surface area contributed by atoms with Gasteiger partial charge in [-0.15, -0.1) is 0 Å². The molecule has 0 aliphatic carbocycles. The third-order valence-corrected chi connectivity index (χ3v) is 4.90. The van der Waals surface area contributed by atoms with Gasteiger partial charge in [-0.3, -0.25) is 9.36 Å². The van der Waals surface area contributed by atoms with E-state index < -0.39 is 0 Å². The summed E-state index contributed by atoms with van der Waals surface area (Å²) in [5.74, 6) is 0.753. The lowest BCUT2D eigenvalue weighted by Crippen LogP contribution is -2.22. The summed E-state index contributed by atoms with van der Waals surface area (Å²) in [6.45, 7) is 4.05. The molecule has 0 unspecified atom stereocenters. The maximum Gasteiger partial charge on any atom is 0.266 e. The lowest BCUT2D eigenvalue weighted by Gasteiger charge is -2.14. The van der Waals surface area contributed by atoms with E-state index in [-0.39, 0.29) is 5.56 Å². The number of aromatic nitrogens is 2. The molecule has 3 rings (SSSR count). The molecule has 0 N–H and O–H groups in total. The molecule has 25 heavy (non-hydrogen) atoms. The third-order valence-electron chi connectivity index (χ3n) is 3.87. The Morgan fingerprint density at radius 2 is 1.88 bits per heavy atom. The zero-order chi connectivity index (χ0) is 17.8. The smallest absolute Gasteiger partial charge is 0.266 e. The topological polar surface area (TPSA) is 58.7 Å². The first-order valence-corrected chi connectivity index (χ1v) is 9.19. The van der Waals surface area contributed by atoms with Gasteiger partial charge in [0, 0.05) is 12.2 Å². The van der Waals surface area contributed by atoms with Crippen LogP contribution in [0.4, 0.5) is 0 Å². The molecule has 0 radical (unpaired) electrons. The summed E-state index contributed by atoms with van der Waals surface area (Å²) in [5.41, 5.74) is 3.70. The molecule has 0 atom stereocenters. The van der Waals surface area contributed by atoms with Crippen molar-refractivity contribution >= 4 is 22.7 Å². The van der Waals surface area contributed by atoms with Crippen molar-refractivity contribution in [2.24, 2.45) is 0 Å². The summed E-state index contributed by atoms with van der Waals surface area (Å²) in [7, 11) is 0. The first-order valence-electron chi connectivity index (χ1n) is 8.20. The number of aryl methyl sites for hydroxylation is 2. The van der Waals surface area contributed by atoms with Crippen LogP contribution in [0, 0.1) is 25.2 Å². The standard InChI is InChI=1S/C20H19N3OS/c1-14-11-15(2)13-16(12-14)23-19(24)17-7-3-4-8-18(17)22-20(23)25-10-6-5-9-21/h3-4,7-8,11-13H,5-6,10H2,1-2H3. The number of thioether (sulfide) groups is 1. The summed E-state index contributed by atoms with van der Waals surface area (Å²) < 4.78 is 1.69. The number of nitrogens with zero attached hydrogens (tertiary/aromatic N) is 3. The fraction of sp³-hybridized carbons (Fsp3) is 0.250. The number of benzene rings is 2. The van der Waals surface area contributed by atoms with E-state index in [0.29, 0.717) is 22.5 Å². The molecule has 0 spiro atoms. The minimum atomic E-state index is -0.0571. The fourth-order valence-corrected chi connectivity index (χ4v) is 3.78. The second kappa shape index (κ2) is 7.54. The van der Waals surface area contributed by atoms with Crippen LogP contribution in [0.1, 0.15) is 24.0 Å². The van der Waals surface area contributed by atoms with E-state index >= 15 is 0 Å².